The van der Waals surface area contributed by atoms with Gasteiger partial charge in [-0.25, -0.2) is 0 Å². The molecule has 25 heavy (non-hydrogen) atoms. The number of nitrogens with zero attached hydrogens (tertiary/aromatic N) is 3. The Morgan fingerprint density at radius 2 is 1.84 bits per heavy atom. The smallest absolute Gasteiger partial charge is 0.342 e. The van der Waals surface area contributed by atoms with Crippen LogP contribution in [0.15, 0.2) is 24.3 Å². The third kappa shape index (κ3) is 4.71. The van der Waals surface area contributed by atoms with Gasteiger partial charge in [-0.1, -0.05) is 6.07 Å². The Morgan fingerprint density at radius 1 is 1.20 bits per heavy atom. The van der Waals surface area contributed by atoms with Gasteiger partial charge >= 0.3 is 6.18 Å². The van der Waals surface area contributed by atoms with Crippen LogP contribution in [0.1, 0.15) is 12.5 Å². The van der Waals surface area contributed by atoms with Gasteiger partial charge in [0.25, 0.3) is 0 Å². The van der Waals surface area contributed by atoms with Gasteiger partial charge < -0.3 is 14.7 Å². The molecule has 1 heterocycles. The molecule has 0 aromatic heterocycles. The Kier molecular flexibility index (Phi) is 5.66. The second-order valence-corrected chi connectivity index (χ2v) is 5.68. The molecule has 0 bridgehead atoms. The van der Waals surface area contributed by atoms with Crippen molar-refractivity contribution in [3.05, 3.63) is 29.8 Å². The number of amides is 3. The topological polar surface area (TPSA) is 60.9 Å². The molecule has 1 aliphatic heterocycles. The van der Waals surface area contributed by atoms with Crippen LogP contribution in [-0.2, 0) is 20.6 Å². The third-order valence-corrected chi connectivity index (χ3v) is 3.97. The summed E-state index contributed by atoms with van der Waals surface area (Å²) in [4.78, 5) is 38.9. The fourth-order valence-electron chi connectivity index (χ4n) is 2.55. The summed E-state index contributed by atoms with van der Waals surface area (Å²) in [5, 5.41) is 0. The van der Waals surface area contributed by atoms with Gasteiger partial charge in [-0.3, -0.25) is 14.4 Å². The van der Waals surface area contributed by atoms with E-state index in [1.807, 2.05) is 0 Å². The highest BCUT2D eigenvalue weighted by molar-refractivity contribution is 5.97. The normalized spacial score (nSPS) is 15.0. The van der Waals surface area contributed by atoms with Crippen molar-refractivity contribution in [2.75, 3.05) is 37.6 Å². The summed E-state index contributed by atoms with van der Waals surface area (Å²) in [7, 11) is 0. The SMILES string of the molecule is CC(=O)N(CC(=O)N1CCN(C=O)CC1)c1cccc(C(F)(F)F)c1. The lowest BCUT2D eigenvalue weighted by Crippen LogP contribution is -2.51. The van der Waals surface area contributed by atoms with Crippen molar-refractivity contribution in [3.63, 3.8) is 0 Å². The number of hydrogen-bond acceptors (Lipinski definition) is 3. The summed E-state index contributed by atoms with van der Waals surface area (Å²) < 4.78 is 38.5. The molecule has 0 N–H and O–H groups in total. The second kappa shape index (κ2) is 7.54. The van der Waals surface area contributed by atoms with Crippen LogP contribution in [-0.4, -0.2) is 60.7 Å². The van der Waals surface area contributed by atoms with Gasteiger partial charge in [0.15, 0.2) is 0 Å². The summed E-state index contributed by atoms with van der Waals surface area (Å²) >= 11 is 0. The zero-order valence-corrected chi connectivity index (χ0v) is 13.6. The minimum absolute atomic E-state index is 0.0159. The molecule has 0 unspecified atom stereocenters. The molecule has 1 aliphatic rings. The van der Waals surface area contributed by atoms with Crippen molar-refractivity contribution in [1.82, 2.24) is 9.80 Å². The van der Waals surface area contributed by atoms with Crippen LogP contribution in [0.25, 0.3) is 0 Å². The fourth-order valence-corrected chi connectivity index (χ4v) is 2.55. The van der Waals surface area contributed by atoms with E-state index < -0.39 is 17.6 Å². The standard InChI is InChI=1S/C16H18F3N3O3/c1-12(24)22(14-4-2-3-13(9-14)16(17,18)19)10-15(25)21-7-5-20(11-23)6-8-21/h2-4,9,11H,5-8,10H2,1H3. The number of benzene rings is 1. The molecule has 6 nitrogen and oxygen atoms in total. The van der Waals surface area contributed by atoms with E-state index in [1.165, 1.54) is 28.9 Å². The largest absolute Gasteiger partial charge is 0.416 e. The number of anilines is 1. The van der Waals surface area contributed by atoms with Crippen molar-refractivity contribution >= 4 is 23.9 Å². The van der Waals surface area contributed by atoms with E-state index in [0.29, 0.717) is 32.6 Å². The molecular weight excluding hydrogens is 339 g/mol. The van der Waals surface area contributed by atoms with Crippen molar-refractivity contribution in [3.8, 4) is 0 Å². The van der Waals surface area contributed by atoms with Gasteiger partial charge in [0, 0.05) is 38.8 Å². The highest BCUT2D eigenvalue weighted by Gasteiger charge is 2.31. The minimum atomic E-state index is -4.53. The predicted molar refractivity (Wildman–Crippen MR) is 83.7 cm³/mol. The molecule has 3 amide bonds. The van der Waals surface area contributed by atoms with Gasteiger partial charge in [0.05, 0.1) is 5.56 Å². The van der Waals surface area contributed by atoms with E-state index >= 15 is 0 Å². The van der Waals surface area contributed by atoms with E-state index in [2.05, 4.69) is 0 Å². The first-order valence-corrected chi connectivity index (χ1v) is 7.65. The zero-order valence-electron chi connectivity index (χ0n) is 13.6. The molecule has 1 aromatic carbocycles. The zero-order chi connectivity index (χ0) is 18.6. The Hall–Kier alpha value is -2.58. The molecule has 2 rings (SSSR count). The van der Waals surface area contributed by atoms with E-state index in [1.54, 1.807) is 0 Å². The number of carbonyl (C=O) groups excluding carboxylic acids is 3. The lowest BCUT2D eigenvalue weighted by Gasteiger charge is -2.34. The van der Waals surface area contributed by atoms with Crippen LogP contribution in [0.2, 0.25) is 0 Å². The van der Waals surface area contributed by atoms with Crippen LogP contribution in [0, 0.1) is 0 Å². The average molecular weight is 357 g/mol. The van der Waals surface area contributed by atoms with Crippen molar-refractivity contribution in [2.24, 2.45) is 0 Å². The first kappa shape index (κ1) is 18.8. The van der Waals surface area contributed by atoms with Crippen LogP contribution >= 0.6 is 0 Å². The minimum Gasteiger partial charge on any atom is -0.342 e. The molecule has 136 valence electrons. The summed E-state index contributed by atoms with van der Waals surface area (Å²) in [5.41, 5.74) is -0.870. The van der Waals surface area contributed by atoms with Crippen molar-refractivity contribution in [2.45, 2.75) is 13.1 Å². The number of halogens is 3. The predicted octanol–water partition coefficient (Wildman–Crippen LogP) is 1.36. The highest BCUT2D eigenvalue weighted by atomic mass is 19.4. The van der Waals surface area contributed by atoms with Crippen LogP contribution in [0.5, 0.6) is 0 Å². The number of hydrogen-bond donors (Lipinski definition) is 0. The number of alkyl halides is 3. The first-order chi connectivity index (χ1) is 11.7. The Balaban J connectivity index is 2.13. The molecule has 0 spiro atoms. The lowest BCUT2D eigenvalue weighted by molar-refractivity contribution is -0.137. The molecule has 1 fully saturated rings. The lowest BCUT2D eigenvalue weighted by atomic mass is 10.1. The van der Waals surface area contributed by atoms with E-state index in [-0.39, 0.29) is 18.1 Å². The first-order valence-electron chi connectivity index (χ1n) is 7.65. The maximum atomic E-state index is 12.8. The molecular formula is C16H18F3N3O3. The quantitative estimate of drug-likeness (QED) is 0.765. The maximum absolute atomic E-state index is 12.8. The highest BCUT2D eigenvalue weighted by Crippen LogP contribution is 2.31. The van der Waals surface area contributed by atoms with Crippen molar-refractivity contribution in [1.29, 1.82) is 0 Å². The van der Waals surface area contributed by atoms with Crippen molar-refractivity contribution < 1.29 is 27.6 Å². The van der Waals surface area contributed by atoms with Crippen LogP contribution < -0.4 is 4.90 Å². The third-order valence-electron chi connectivity index (χ3n) is 3.97. The monoisotopic (exact) mass is 357 g/mol. The molecule has 0 atom stereocenters. The second-order valence-electron chi connectivity index (χ2n) is 5.68. The molecule has 1 aromatic rings. The summed E-state index contributed by atoms with van der Waals surface area (Å²) in [6, 6.07) is 4.30. The van der Waals surface area contributed by atoms with Crippen LogP contribution in [0.4, 0.5) is 18.9 Å². The van der Waals surface area contributed by atoms with Gasteiger partial charge in [0.2, 0.25) is 18.2 Å². The molecule has 0 aliphatic carbocycles. The van der Waals surface area contributed by atoms with Crippen LogP contribution in [0.3, 0.4) is 0 Å². The molecule has 1 saturated heterocycles. The molecule has 0 radical (unpaired) electrons. The van der Waals surface area contributed by atoms with Gasteiger partial charge in [-0.05, 0) is 18.2 Å². The van der Waals surface area contributed by atoms with E-state index in [9.17, 15) is 27.6 Å². The van der Waals surface area contributed by atoms with Gasteiger partial charge in [0.1, 0.15) is 6.54 Å². The Bertz CT molecular complexity index is 656. The number of rotatable bonds is 4. The summed E-state index contributed by atoms with van der Waals surface area (Å²) in [6.07, 6.45) is -3.83. The van der Waals surface area contributed by atoms with Gasteiger partial charge in [-0.15, -0.1) is 0 Å². The average Bonchev–Trinajstić information content (AvgIpc) is 2.58. The molecule has 0 saturated carbocycles. The summed E-state index contributed by atoms with van der Waals surface area (Å²) in [5.74, 6) is -0.905. The summed E-state index contributed by atoms with van der Waals surface area (Å²) in [6.45, 7) is 2.27. The van der Waals surface area contributed by atoms with Gasteiger partial charge in [-0.2, -0.15) is 13.2 Å². The molecule has 9 heteroatoms. The number of carbonyl (C=O) groups is 3. The van der Waals surface area contributed by atoms with E-state index in [0.717, 1.165) is 17.0 Å². The fraction of sp³-hybridized carbons (Fsp3) is 0.438. The Morgan fingerprint density at radius 3 is 2.36 bits per heavy atom. The number of piperazine rings is 1. The maximum Gasteiger partial charge on any atom is 0.416 e. The Labute approximate surface area is 142 Å². The van der Waals surface area contributed by atoms with E-state index in [4.69, 9.17) is 0 Å².